The van der Waals surface area contributed by atoms with E-state index in [-0.39, 0.29) is 0 Å². The fraction of sp³-hybridized carbons (Fsp3) is 0.250. The van der Waals surface area contributed by atoms with Gasteiger partial charge in [-0.05, 0) is 31.2 Å². The van der Waals surface area contributed by atoms with Crippen molar-refractivity contribution in [2.45, 2.75) is 13.3 Å². The zero-order valence-corrected chi connectivity index (χ0v) is 15.9. The first-order valence-electron chi connectivity index (χ1n) is 8.62. The highest BCUT2D eigenvalue weighted by Crippen LogP contribution is 2.35. The van der Waals surface area contributed by atoms with Gasteiger partial charge in [0.2, 0.25) is 0 Å². The van der Waals surface area contributed by atoms with Gasteiger partial charge >= 0.3 is 0 Å². The van der Waals surface area contributed by atoms with E-state index < -0.39 is 0 Å². The van der Waals surface area contributed by atoms with Gasteiger partial charge < -0.3 is 9.47 Å². The summed E-state index contributed by atoms with van der Waals surface area (Å²) in [5.41, 5.74) is 3.99. The summed E-state index contributed by atoms with van der Waals surface area (Å²) in [5, 5.41) is 16.8. The number of hydrogen-bond donors (Lipinski definition) is 0. The minimum atomic E-state index is 0.525. The van der Waals surface area contributed by atoms with E-state index in [0.29, 0.717) is 23.8 Å². The summed E-state index contributed by atoms with van der Waals surface area (Å²) in [7, 11) is 1.86. The monoisotopic (exact) mass is 378 g/mol. The van der Waals surface area contributed by atoms with Crippen molar-refractivity contribution in [1.82, 2.24) is 14.8 Å². The molecule has 0 spiro atoms. The number of allylic oxidation sites excluding steroid dienone is 1. The second-order valence-electron chi connectivity index (χ2n) is 6.28. The van der Waals surface area contributed by atoms with Crippen LogP contribution in [0.5, 0.6) is 11.5 Å². The number of benzene rings is 1. The van der Waals surface area contributed by atoms with Gasteiger partial charge in [0.05, 0.1) is 24.5 Å². The highest BCUT2D eigenvalue weighted by Gasteiger charge is 2.16. The first-order valence-corrected chi connectivity index (χ1v) is 9.50. The van der Waals surface area contributed by atoms with E-state index in [2.05, 4.69) is 16.2 Å². The normalized spacial score (nSPS) is 13.9. The van der Waals surface area contributed by atoms with Crippen molar-refractivity contribution in [2.75, 3.05) is 13.2 Å². The van der Waals surface area contributed by atoms with Gasteiger partial charge in [-0.2, -0.15) is 10.4 Å². The molecule has 4 rings (SSSR count). The van der Waals surface area contributed by atoms with Crippen molar-refractivity contribution >= 4 is 23.0 Å². The molecule has 0 bridgehead atoms. The molecule has 1 aliphatic rings. The van der Waals surface area contributed by atoms with Gasteiger partial charge in [-0.3, -0.25) is 4.68 Å². The number of hydrogen-bond acceptors (Lipinski definition) is 6. The zero-order valence-electron chi connectivity index (χ0n) is 15.1. The van der Waals surface area contributed by atoms with Crippen molar-refractivity contribution in [3.8, 4) is 28.8 Å². The van der Waals surface area contributed by atoms with E-state index in [0.717, 1.165) is 40.4 Å². The zero-order chi connectivity index (χ0) is 18.8. The number of nitriles is 1. The van der Waals surface area contributed by atoms with E-state index in [4.69, 9.17) is 9.47 Å². The number of ether oxygens (including phenoxy) is 2. The summed E-state index contributed by atoms with van der Waals surface area (Å²) in [6, 6.07) is 8.07. The van der Waals surface area contributed by atoms with Crippen LogP contribution in [0.2, 0.25) is 0 Å². The van der Waals surface area contributed by atoms with Gasteiger partial charge in [-0.25, -0.2) is 4.98 Å². The third-order valence-corrected chi connectivity index (χ3v) is 5.14. The van der Waals surface area contributed by atoms with Gasteiger partial charge in [0.15, 0.2) is 11.5 Å². The van der Waals surface area contributed by atoms with Crippen LogP contribution in [0.3, 0.4) is 0 Å². The van der Waals surface area contributed by atoms with Gasteiger partial charge in [0.1, 0.15) is 11.1 Å². The maximum atomic E-state index is 9.59. The second kappa shape index (κ2) is 7.25. The standard InChI is InChI=1S/C20H18N4O2S/c1-13-12-27-20(22-13)15(10-21)8-16-11-24(2)23-19(16)14-4-5-17-18(9-14)26-7-3-6-25-17/h4-5,8-9,11-12H,3,6-7H2,1-2H3/b15-8+. The Kier molecular flexibility index (Phi) is 4.65. The van der Waals surface area contributed by atoms with Gasteiger partial charge in [0, 0.05) is 41.9 Å². The molecule has 3 heterocycles. The van der Waals surface area contributed by atoms with Crippen LogP contribution in [-0.4, -0.2) is 28.0 Å². The molecule has 0 fully saturated rings. The Labute approximate surface area is 161 Å². The number of nitrogens with zero attached hydrogens (tertiary/aromatic N) is 4. The predicted octanol–water partition coefficient (Wildman–Crippen LogP) is 4.08. The number of thiazole rings is 1. The molecule has 27 heavy (non-hydrogen) atoms. The van der Waals surface area contributed by atoms with Crippen molar-refractivity contribution in [3.63, 3.8) is 0 Å². The lowest BCUT2D eigenvalue weighted by Crippen LogP contribution is -1.97. The lowest BCUT2D eigenvalue weighted by Gasteiger charge is -2.08. The third-order valence-electron chi connectivity index (χ3n) is 4.15. The Morgan fingerprint density at radius 2 is 2.11 bits per heavy atom. The van der Waals surface area contributed by atoms with Crippen LogP contribution in [0.25, 0.3) is 22.9 Å². The molecule has 6 nitrogen and oxygen atoms in total. The molecule has 0 aliphatic carbocycles. The number of aromatic nitrogens is 3. The van der Waals surface area contributed by atoms with E-state index >= 15 is 0 Å². The first-order chi connectivity index (χ1) is 13.1. The van der Waals surface area contributed by atoms with Crippen LogP contribution in [0.4, 0.5) is 0 Å². The Hall–Kier alpha value is -3.11. The minimum Gasteiger partial charge on any atom is -0.490 e. The maximum absolute atomic E-state index is 9.59. The largest absolute Gasteiger partial charge is 0.490 e. The van der Waals surface area contributed by atoms with Crippen molar-refractivity contribution in [3.05, 3.63) is 46.0 Å². The third kappa shape index (κ3) is 3.57. The average Bonchev–Trinajstić information content (AvgIpc) is 3.17. The van der Waals surface area contributed by atoms with Crippen LogP contribution in [0.1, 0.15) is 22.7 Å². The second-order valence-corrected chi connectivity index (χ2v) is 7.14. The molecule has 0 radical (unpaired) electrons. The molecule has 0 unspecified atom stereocenters. The fourth-order valence-corrected chi connectivity index (χ4v) is 3.69. The summed E-state index contributed by atoms with van der Waals surface area (Å²) >= 11 is 1.47. The van der Waals surface area contributed by atoms with Crippen molar-refractivity contribution in [1.29, 1.82) is 5.26 Å². The summed E-state index contributed by atoms with van der Waals surface area (Å²) in [6.07, 6.45) is 4.60. The summed E-state index contributed by atoms with van der Waals surface area (Å²) in [4.78, 5) is 4.42. The van der Waals surface area contributed by atoms with Crippen LogP contribution in [-0.2, 0) is 7.05 Å². The highest BCUT2D eigenvalue weighted by molar-refractivity contribution is 7.11. The molecule has 3 aromatic rings. The van der Waals surface area contributed by atoms with Crippen LogP contribution < -0.4 is 9.47 Å². The van der Waals surface area contributed by atoms with Gasteiger partial charge in [-0.1, -0.05) is 0 Å². The molecule has 0 saturated heterocycles. The summed E-state index contributed by atoms with van der Waals surface area (Å²) < 4.78 is 13.2. The van der Waals surface area contributed by atoms with Crippen molar-refractivity contribution < 1.29 is 9.47 Å². The molecular formula is C20H18N4O2S. The SMILES string of the molecule is Cc1csc(/C(C#N)=C/c2cn(C)nc2-c2ccc3c(c2)OCCCO3)n1. The average molecular weight is 378 g/mol. The maximum Gasteiger partial charge on any atom is 0.161 e. The molecule has 0 saturated carbocycles. The quantitative estimate of drug-likeness (QED) is 0.642. The first kappa shape index (κ1) is 17.3. The molecule has 0 atom stereocenters. The summed E-state index contributed by atoms with van der Waals surface area (Å²) in [5.74, 6) is 1.47. The minimum absolute atomic E-state index is 0.525. The Bertz CT molecular complexity index is 1060. The lowest BCUT2D eigenvalue weighted by molar-refractivity contribution is 0.297. The number of rotatable bonds is 3. The smallest absolute Gasteiger partial charge is 0.161 e. The Morgan fingerprint density at radius 3 is 2.85 bits per heavy atom. The fourth-order valence-electron chi connectivity index (χ4n) is 2.92. The van der Waals surface area contributed by atoms with E-state index in [1.807, 2.05) is 49.8 Å². The summed E-state index contributed by atoms with van der Waals surface area (Å²) in [6.45, 7) is 3.21. The lowest BCUT2D eigenvalue weighted by atomic mass is 10.1. The highest BCUT2D eigenvalue weighted by atomic mass is 32.1. The van der Waals surface area contributed by atoms with Gasteiger partial charge in [-0.15, -0.1) is 11.3 Å². The molecule has 1 aromatic carbocycles. The van der Waals surface area contributed by atoms with Crippen LogP contribution >= 0.6 is 11.3 Å². The molecule has 1 aliphatic heterocycles. The molecular weight excluding hydrogens is 360 g/mol. The number of aryl methyl sites for hydroxylation is 2. The van der Waals surface area contributed by atoms with Crippen molar-refractivity contribution in [2.24, 2.45) is 7.05 Å². The Morgan fingerprint density at radius 1 is 1.30 bits per heavy atom. The van der Waals surface area contributed by atoms with Crippen LogP contribution in [0.15, 0.2) is 29.8 Å². The topological polar surface area (TPSA) is 73.0 Å². The van der Waals surface area contributed by atoms with Gasteiger partial charge in [0.25, 0.3) is 0 Å². The molecule has 0 N–H and O–H groups in total. The van der Waals surface area contributed by atoms with E-state index in [1.165, 1.54) is 11.3 Å². The molecule has 136 valence electrons. The molecule has 2 aromatic heterocycles. The van der Waals surface area contributed by atoms with Crippen LogP contribution in [0, 0.1) is 18.3 Å². The van der Waals surface area contributed by atoms with E-state index in [1.54, 1.807) is 4.68 Å². The molecule has 0 amide bonds. The Balaban J connectivity index is 1.77. The van der Waals surface area contributed by atoms with E-state index in [9.17, 15) is 5.26 Å². The number of fused-ring (bicyclic) bond motifs is 1. The molecule has 7 heteroatoms. The predicted molar refractivity (Wildman–Crippen MR) is 105 cm³/mol.